The highest BCUT2D eigenvalue weighted by molar-refractivity contribution is 8.01. The maximum absolute atomic E-state index is 14.3. The lowest BCUT2D eigenvalue weighted by Gasteiger charge is -2.47. The molecule has 0 N–H and O–H groups in total. The molecule has 0 bridgehead atoms. The lowest BCUT2D eigenvalue weighted by atomic mass is 9.73. The Bertz CT molecular complexity index is 1290. The molecule has 0 aliphatic carbocycles. The fourth-order valence-corrected chi connectivity index (χ4v) is 5.52. The summed E-state index contributed by atoms with van der Waals surface area (Å²) in [7, 11) is 1.63. The molecule has 4 rings (SSSR count). The van der Waals surface area contributed by atoms with Gasteiger partial charge in [0.15, 0.2) is 0 Å². The van der Waals surface area contributed by atoms with Gasteiger partial charge in [0.2, 0.25) is 5.91 Å². The third-order valence-electron chi connectivity index (χ3n) is 6.26. The second-order valence-electron chi connectivity index (χ2n) is 8.78. The zero-order valence-corrected chi connectivity index (χ0v) is 21.9. The molecule has 1 aliphatic rings. The molecule has 0 aromatic heterocycles. The standard InChI is InChI=1S/C30H28ClNO2S/c1-5-35-30(20-19-22-11-13-24(31)14-12-22)21-27(23-9-7-6-8-10-23)32(28(33)29(30,2)3)25-15-17-26(34-4)18-16-25/h6-18,21H,5H2,1-4H3. The first-order chi connectivity index (χ1) is 16.8. The van der Waals surface area contributed by atoms with Gasteiger partial charge >= 0.3 is 0 Å². The van der Waals surface area contributed by atoms with Crippen molar-refractivity contribution in [2.24, 2.45) is 5.41 Å². The Labute approximate surface area is 217 Å². The van der Waals surface area contributed by atoms with Crippen molar-refractivity contribution in [2.45, 2.75) is 25.5 Å². The van der Waals surface area contributed by atoms with Crippen LogP contribution >= 0.6 is 23.4 Å². The summed E-state index contributed by atoms with van der Waals surface area (Å²) < 4.78 is 4.60. The van der Waals surface area contributed by atoms with Gasteiger partial charge in [0, 0.05) is 16.3 Å². The van der Waals surface area contributed by atoms with Crippen molar-refractivity contribution in [1.82, 2.24) is 0 Å². The number of anilines is 1. The van der Waals surface area contributed by atoms with Crippen molar-refractivity contribution < 1.29 is 9.53 Å². The van der Waals surface area contributed by atoms with Gasteiger partial charge in [0.1, 0.15) is 10.5 Å². The molecule has 0 radical (unpaired) electrons. The molecule has 0 spiro atoms. The number of ether oxygens (including phenoxy) is 1. The van der Waals surface area contributed by atoms with Gasteiger partial charge in [-0.3, -0.25) is 9.69 Å². The normalized spacial score (nSPS) is 18.9. The number of carbonyl (C=O) groups is 1. The minimum absolute atomic E-state index is 0.00428. The predicted octanol–water partition coefficient (Wildman–Crippen LogP) is 7.31. The summed E-state index contributed by atoms with van der Waals surface area (Å²) in [6.07, 6.45) is 2.17. The van der Waals surface area contributed by atoms with E-state index in [-0.39, 0.29) is 5.91 Å². The van der Waals surface area contributed by atoms with E-state index < -0.39 is 10.2 Å². The summed E-state index contributed by atoms with van der Waals surface area (Å²) in [5, 5.41) is 0.669. The van der Waals surface area contributed by atoms with E-state index in [4.69, 9.17) is 16.3 Å². The van der Waals surface area contributed by atoms with Crippen molar-refractivity contribution in [2.75, 3.05) is 17.8 Å². The number of methoxy groups -OCH3 is 1. The molecule has 0 fully saturated rings. The van der Waals surface area contributed by atoms with Crippen LogP contribution in [-0.2, 0) is 4.79 Å². The lowest BCUT2D eigenvalue weighted by Crippen LogP contribution is -2.55. The highest BCUT2D eigenvalue weighted by Gasteiger charge is 2.54. The quantitative estimate of drug-likeness (QED) is 0.343. The first kappa shape index (κ1) is 25.0. The van der Waals surface area contributed by atoms with E-state index >= 15 is 0 Å². The maximum atomic E-state index is 14.3. The van der Waals surface area contributed by atoms with Gasteiger partial charge in [-0.2, -0.15) is 0 Å². The zero-order valence-electron chi connectivity index (χ0n) is 20.3. The van der Waals surface area contributed by atoms with Gasteiger partial charge in [0.05, 0.1) is 18.2 Å². The summed E-state index contributed by atoms with van der Waals surface area (Å²) in [4.78, 5) is 16.1. The maximum Gasteiger partial charge on any atom is 0.239 e. The van der Waals surface area contributed by atoms with Crippen molar-refractivity contribution in [3.05, 3.63) is 101 Å². The number of benzene rings is 3. The lowest BCUT2D eigenvalue weighted by molar-refractivity contribution is -0.126. The first-order valence-electron chi connectivity index (χ1n) is 11.5. The van der Waals surface area contributed by atoms with Crippen molar-refractivity contribution in [1.29, 1.82) is 0 Å². The smallest absolute Gasteiger partial charge is 0.239 e. The van der Waals surface area contributed by atoms with E-state index in [0.717, 1.165) is 34.0 Å². The van der Waals surface area contributed by atoms with Crippen molar-refractivity contribution in [3.63, 3.8) is 0 Å². The number of halogens is 1. The fraction of sp³-hybridized carbons (Fsp3) is 0.233. The molecule has 3 nitrogen and oxygen atoms in total. The summed E-state index contributed by atoms with van der Waals surface area (Å²) in [6.45, 7) is 6.08. The van der Waals surface area contributed by atoms with E-state index in [1.165, 1.54) is 0 Å². The van der Waals surface area contributed by atoms with Crippen LogP contribution in [0.1, 0.15) is 31.9 Å². The minimum Gasteiger partial charge on any atom is -0.497 e. The summed E-state index contributed by atoms with van der Waals surface area (Å²) in [5.74, 6) is 8.38. The molecule has 0 saturated heterocycles. The van der Waals surface area contributed by atoms with Gasteiger partial charge in [-0.05, 0) is 79.8 Å². The van der Waals surface area contributed by atoms with E-state index in [9.17, 15) is 4.79 Å². The SMILES string of the molecule is CCSC1(C#Cc2ccc(Cl)cc2)C=C(c2ccccc2)N(c2ccc(OC)cc2)C(=O)C1(C)C. The Balaban J connectivity index is 1.94. The molecule has 0 saturated carbocycles. The topological polar surface area (TPSA) is 29.5 Å². The minimum atomic E-state index is -0.800. The fourth-order valence-electron chi connectivity index (χ4n) is 4.17. The molecule has 5 heteroatoms. The van der Waals surface area contributed by atoms with Gasteiger partial charge < -0.3 is 4.74 Å². The molecule has 1 unspecified atom stereocenters. The zero-order chi connectivity index (χ0) is 25.1. The Hall–Kier alpha value is -3.13. The largest absolute Gasteiger partial charge is 0.497 e. The molecule has 35 heavy (non-hydrogen) atoms. The van der Waals surface area contributed by atoms with Crippen LogP contribution in [0.15, 0.2) is 84.9 Å². The van der Waals surface area contributed by atoms with Crippen LogP contribution in [0.5, 0.6) is 5.75 Å². The Morgan fingerprint density at radius 3 is 2.23 bits per heavy atom. The number of thioether (sulfide) groups is 1. The highest BCUT2D eigenvalue weighted by Crippen LogP contribution is 2.51. The van der Waals surface area contributed by atoms with Crippen molar-refractivity contribution in [3.8, 4) is 17.6 Å². The van der Waals surface area contributed by atoms with Gasteiger partial charge in [-0.25, -0.2) is 0 Å². The molecule has 3 aromatic carbocycles. The van der Waals surface area contributed by atoms with Crippen LogP contribution in [0.25, 0.3) is 5.70 Å². The molecular weight excluding hydrogens is 474 g/mol. The van der Waals surface area contributed by atoms with Crippen LogP contribution < -0.4 is 9.64 Å². The number of carbonyl (C=O) groups excluding carboxylic acids is 1. The Kier molecular flexibility index (Phi) is 7.31. The number of hydrogen-bond acceptors (Lipinski definition) is 3. The monoisotopic (exact) mass is 501 g/mol. The molecule has 1 heterocycles. The Morgan fingerprint density at radius 1 is 0.971 bits per heavy atom. The third kappa shape index (κ3) is 4.85. The predicted molar refractivity (Wildman–Crippen MR) is 148 cm³/mol. The number of amides is 1. The van der Waals surface area contributed by atoms with Crippen LogP contribution in [0.3, 0.4) is 0 Å². The molecular formula is C30H28ClNO2S. The molecule has 178 valence electrons. The molecule has 3 aromatic rings. The summed E-state index contributed by atoms with van der Waals surface area (Å²) in [6, 6.07) is 25.1. The van der Waals surface area contributed by atoms with E-state index in [1.54, 1.807) is 18.9 Å². The molecule has 1 atom stereocenters. The summed E-state index contributed by atoms with van der Waals surface area (Å²) in [5.41, 5.74) is 2.64. The van der Waals surface area contributed by atoms with E-state index in [1.807, 2.05) is 97.6 Å². The number of nitrogens with zero attached hydrogens (tertiary/aromatic N) is 1. The number of rotatable bonds is 5. The number of hydrogen-bond donors (Lipinski definition) is 0. The van der Waals surface area contributed by atoms with Crippen LogP contribution in [0, 0.1) is 17.3 Å². The van der Waals surface area contributed by atoms with Gasteiger partial charge in [-0.1, -0.05) is 60.7 Å². The van der Waals surface area contributed by atoms with Crippen molar-refractivity contribution >= 4 is 40.7 Å². The van der Waals surface area contributed by atoms with Crippen LogP contribution in [0.2, 0.25) is 5.02 Å². The van der Waals surface area contributed by atoms with Crippen LogP contribution in [0.4, 0.5) is 5.69 Å². The van der Waals surface area contributed by atoms with Gasteiger partial charge in [-0.15, -0.1) is 11.8 Å². The second-order valence-corrected chi connectivity index (χ2v) is 10.7. The van der Waals surface area contributed by atoms with E-state index in [2.05, 4.69) is 24.8 Å². The Morgan fingerprint density at radius 2 is 1.63 bits per heavy atom. The third-order valence-corrected chi connectivity index (χ3v) is 7.98. The van der Waals surface area contributed by atoms with Crippen LogP contribution in [-0.4, -0.2) is 23.5 Å². The highest BCUT2D eigenvalue weighted by atomic mass is 35.5. The average molecular weight is 502 g/mol. The molecule has 1 amide bonds. The first-order valence-corrected chi connectivity index (χ1v) is 12.9. The summed E-state index contributed by atoms with van der Waals surface area (Å²) >= 11 is 7.75. The average Bonchev–Trinajstić information content (AvgIpc) is 2.88. The van der Waals surface area contributed by atoms with Gasteiger partial charge in [0.25, 0.3) is 0 Å². The van der Waals surface area contributed by atoms with E-state index in [0.29, 0.717) is 5.02 Å². The second kappa shape index (κ2) is 10.2. The molecule has 1 aliphatic heterocycles.